The summed E-state index contributed by atoms with van der Waals surface area (Å²) in [6, 6.07) is 11.8. The van der Waals surface area contributed by atoms with Crippen molar-refractivity contribution < 1.29 is 0 Å². The highest BCUT2D eigenvalue weighted by molar-refractivity contribution is 7.16. The first kappa shape index (κ1) is 13.8. The SMILES string of the molecule is C=C(C)n1cnc2c(-c3ccc4scnc4c3)cccc2c1=O. The van der Waals surface area contributed by atoms with Crippen molar-refractivity contribution in [3.63, 3.8) is 0 Å². The average Bonchev–Trinajstić information content (AvgIpc) is 3.02. The molecule has 0 spiro atoms. The minimum absolute atomic E-state index is 0.0981. The van der Waals surface area contributed by atoms with Crippen molar-refractivity contribution in [1.82, 2.24) is 14.5 Å². The zero-order valence-electron chi connectivity index (χ0n) is 12.5. The van der Waals surface area contributed by atoms with Crippen LogP contribution in [0.3, 0.4) is 0 Å². The fourth-order valence-electron chi connectivity index (χ4n) is 2.68. The summed E-state index contributed by atoms with van der Waals surface area (Å²) in [6.45, 7) is 5.60. The van der Waals surface area contributed by atoms with Gasteiger partial charge in [-0.1, -0.05) is 24.8 Å². The molecule has 23 heavy (non-hydrogen) atoms. The lowest BCUT2D eigenvalue weighted by Gasteiger charge is -2.09. The molecule has 0 amide bonds. The van der Waals surface area contributed by atoms with E-state index in [0.717, 1.165) is 21.3 Å². The number of hydrogen-bond donors (Lipinski definition) is 0. The van der Waals surface area contributed by atoms with E-state index >= 15 is 0 Å². The topological polar surface area (TPSA) is 47.8 Å². The first-order valence-corrected chi connectivity index (χ1v) is 8.03. The molecule has 2 aromatic carbocycles. The van der Waals surface area contributed by atoms with Gasteiger partial charge in [0.05, 0.1) is 26.6 Å². The van der Waals surface area contributed by atoms with Crippen LogP contribution in [0.25, 0.3) is 37.9 Å². The summed E-state index contributed by atoms with van der Waals surface area (Å²) in [5, 5.41) is 0.589. The maximum absolute atomic E-state index is 12.6. The van der Waals surface area contributed by atoms with E-state index in [9.17, 15) is 4.79 Å². The molecule has 0 radical (unpaired) electrons. The van der Waals surface area contributed by atoms with Crippen LogP contribution in [0.2, 0.25) is 0 Å². The summed E-state index contributed by atoms with van der Waals surface area (Å²) in [5.74, 6) is 0. The summed E-state index contributed by atoms with van der Waals surface area (Å²) < 4.78 is 2.61. The Morgan fingerprint density at radius 2 is 2.09 bits per heavy atom. The standard InChI is InChI=1S/C18H13N3OS/c1-11(2)21-9-19-17-13(4-3-5-14(17)18(21)22)12-6-7-16-15(8-12)20-10-23-16/h3-10H,1H2,2H3. The van der Waals surface area contributed by atoms with Gasteiger partial charge in [0.25, 0.3) is 5.56 Å². The second kappa shape index (κ2) is 5.14. The Kier molecular flexibility index (Phi) is 3.09. The molecule has 2 aromatic heterocycles. The van der Waals surface area contributed by atoms with E-state index in [1.165, 1.54) is 10.9 Å². The van der Waals surface area contributed by atoms with Crippen molar-refractivity contribution in [2.45, 2.75) is 6.92 Å². The Balaban J connectivity index is 2.02. The van der Waals surface area contributed by atoms with Crippen molar-refractivity contribution in [2.24, 2.45) is 0 Å². The number of hydrogen-bond acceptors (Lipinski definition) is 4. The number of thiazole rings is 1. The normalized spacial score (nSPS) is 11.2. The van der Waals surface area contributed by atoms with Gasteiger partial charge >= 0.3 is 0 Å². The van der Waals surface area contributed by atoms with E-state index in [1.807, 2.05) is 29.8 Å². The van der Waals surface area contributed by atoms with E-state index in [4.69, 9.17) is 0 Å². The van der Waals surface area contributed by atoms with Gasteiger partial charge in [-0.05, 0) is 30.7 Å². The Morgan fingerprint density at radius 1 is 1.22 bits per heavy atom. The van der Waals surface area contributed by atoms with Crippen LogP contribution in [0.5, 0.6) is 0 Å². The molecule has 0 N–H and O–H groups in total. The van der Waals surface area contributed by atoms with E-state index in [-0.39, 0.29) is 5.56 Å². The number of fused-ring (bicyclic) bond motifs is 2. The monoisotopic (exact) mass is 319 g/mol. The van der Waals surface area contributed by atoms with Gasteiger partial charge in [0.15, 0.2) is 0 Å². The molecule has 4 aromatic rings. The largest absolute Gasteiger partial charge is 0.272 e. The number of nitrogens with zero attached hydrogens (tertiary/aromatic N) is 3. The minimum Gasteiger partial charge on any atom is -0.272 e. The molecule has 0 aliphatic heterocycles. The van der Waals surface area contributed by atoms with Gasteiger partial charge in [-0.25, -0.2) is 9.97 Å². The summed E-state index contributed by atoms with van der Waals surface area (Å²) in [6.07, 6.45) is 1.54. The van der Waals surface area contributed by atoms with Gasteiger partial charge in [0.2, 0.25) is 0 Å². The zero-order valence-corrected chi connectivity index (χ0v) is 13.3. The summed E-state index contributed by atoms with van der Waals surface area (Å²) in [7, 11) is 0. The predicted molar refractivity (Wildman–Crippen MR) is 95.6 cm³/mol. The molecule has 0 bridgehead atoms. The molecule has 0 aliphatic rings. The highest BCUT2D eigenvalue weighted by Crippen LogP contribution is 2.29. The number of para-hydroxylation sites is 1. The maximum atomic E-state index is 12.6. The van der Waals surface area contributed by atoms with Crippen LogP contribution in [-0.2, 0) is 0 Å². The van der Waals surface area contributed by atoms with Crippen LogP contribution < -0.4 is 5.56 Å². The fraction of sp³-hybridized carbons (Fsp3) is 0.0556. The van der Waals surface area contributed by atoms with Crippen LogP contribution in [0.15, 0.2) is 59.6 Å². The van der Waals surface area contributed by atoms with Crippen LogP contribution in [0.1, 0.15) is 6.92 Å². The first-order valence-electron chi connectivity index (χ1n) is 7.15. The molecule has 4 nitrogen and oxygen atoms in total. The Bertz CT molecular complexity index is 1120. The Hall–Kier alpha value is -2.79. The fourth-order valence-corrected chi connectivity index (χ4v) is 3.34. The number of benzene rings is 2. The molecule has 0 unspecified atom stereocenters. The van der Waals surface area contributed by atoms with E-state index in [1.54, 1.807) is 24.3 Å². The number of rotatable bonds is 2. The van der Waals surface area contributed by atoms with Crippen molar-refractivity contribution in [1.29, 1.82) is 0 Å². The highest BCUT2D eigenvalue weighted by Gasteiger charge is 2.10. The van der Waals surface area contributed by atoms with Gasteiger partial charge < -0.3 is 0 Å². The van der Waals surface area contributed by atoms with Gasteiger partial charge in [0.1, 0.15) is 6.33 Å². The lowest BCUT2D eigenvalue weighted by Crippen LogP contribution is -2.18. The second-order valence-electron chi connectivity index (χ2n) is 5.39. The van der Waals surface area contributed by atoms with Gasteiger partial charge in [-0.15, -0.1) is 11.3 Å². The van der Waals surface area contributed by atoms with Gasteiger partial charge in [0, 0.05) is 11.3 Å². The molecule has 0 atom stereocenters. The molecular formula is C18H13N3OS. The number of allylic oxidation sites excluding steroid dienone is 1. The summed E-state index contributed by atoms with van der Waals surface area (Å²) in [4.78, 5) is 21.4. The van der Waals surface area contributed by atoms with Gasteiger partial charge in [-0.2, -0.15) is 0 Å². The molecule has 0 aliphatic carbocycles. The van der Waals surface area contributed by atoms with Crippen molar-refractivity contribution in [3.8, 4) is 11.1 Å². The second-order valence-corrected chi connectivity index (χ2v) is 6.28. The Morgan fingerprint density at radius 3 is 2.91 bits per heavy atom. The predicted octanol–water partition coefficient (Wildman–Crippen LogP) is 4.16. The Labute approximate surface area is 136 Å². The molecular weight excluding hydrogens is 306 g/mol. The minimum atomic E-state index is -0.0981. The zero-order chi connectivity index (χ0) is 16.0. The smallest absolute Gasteiger partial charge is 0.265 e. The van der Waals surface area contributed by atoms with Crippen LogP contribution in [-0.4, -0.2) is 14.5 Å². The third-order valence-corrected chi connectivity index (χ3v) is 4.65. The van der Waals surface area contributed by atoms with Crippen LogP contribution >= 0.6 is 11.3 Å². The van der Waals surface area contributed by atoms with Crippen LogP contribution in [0, 0.1) is 0 Å². The lowest BCUT2D eigenvalue weighted by molar-refractivity contribution is 0.982. The third-order valence-electron chi connectivity index (χ3n) is 3.84. The van der Waals surface area contributed by atoms with Gasteiger partial charge in [-0.3, -0.25) is 9.36 Å². The van der Waals surface area contributed by atoms with E-state index in [0.29, 0.717) is 16.6 Å². The maximum Gasteiger partial charge on any atom is 0.265 e. The third kappa shape index (κ3) is 2.17. The van der Waals surface area contributed by atoms with Crippen molar-refractivity contribution >= 4 is 38.2 Å². The quantitative estimate of drug-likeness (QED) is 0.557. The average molecular weight is 319 g/mol. The molecule has 0 saturated carbocycles. The van der Waals surface area contributed by atoms with E-state index < -0.39 is 0 Å². The molecule has 4 rings (SSSR count). The molecule has 0 fully saturated rings. The molecule has 0 saturated heterocycles. The first-order chi connectivity index (χ1) is 11.1. The molecule has 2 heterocycles. The number of aromatic nitrogens is 3. The molecule has 5 heteroatoms. The van der Waals surface area contributed by atoms with E-state index in [2.05, 4.69) is 22.6 Å². The van der Waals surface area contributed by atoms with Crippen LogP contribution in [0.4, 0.5) is 0 Å². The highest BCUT2D eigenvalue weighted by atomic mass is 32.1. The van der Waals surface area contributed by atoms with Crippen molar-refractivity contribution in [3.05, 3.63) is 65.2 Å². The summed E-state index contributed by atoms with van der Waals surface area (Å²) in [5.41, 5.74) is 5.99. The molecule has 112 valence electrons. The van der Waals surface area contributed by atoms with Crippen molar-refractivity contribution in [2.75, 3.05) is 0 Å². The lowest BCUT2D eigenvalue weighted by atomic mass is 10.0. The summed E-state index contributed by atoms with van der Waals surface area (Å²) >= 11 is 1.61.